The minimum Gasteiger partial charge on any atom is -0.326 e. The van der Waals surface area contributed by atoms with Gasteiger partial charge in [0, 0.05) is 11.3 Å². The SMILES string of the molecule is CCC(CC(=O)Nc1ccc(C)cc1)=C(F)F. The molecule has 0 heterocycles. The lowest BCUT2D eigenvalue weighted by molar-refractivity contribution is -0.115. The van der Waals surface area contributed by atoms with Crippen molar-refractivity contribution in [2.75, 3.05) is 5.32 Å². The zero-order chi connectivity index (χ0) is 12.8. The Bertz CT molecular complexity index is 420. The number of hydrogen-bond acceptors (Lipinski definition) is 1. The molecule has 1 amide bonds. The smallest absolute Gasteiger partial charge is 0.270 e. The maximum Gasteiger partial charge on any atom is 0.270 e. The second-order valence-corrected chi connectivity index (χ2v) is 3.81. The summed E-state index contributed by atoms with van der Waals surface area (Å²) in [6, 6.07) is 7.19. The number of benzene rings is 1. The third-order valence-electron chi connectivity index (χ3n) is 2.40. The number of nitrogens with one attached hydrogen (secondary N) is 1. The molecule has 17 heavy (non-hydrogen) atoms. The number of carbonyl (C=O) groups is 1. The van der Waals surface area contributed by atoms with Crippen molar-refractivity contribution in [3.8, 4) is 0 Å². The summed E-state index contributed by atoms with van der Waals surface area (Å²) in [5.41, 5.74) is 1.58. The first kappa shape index (κ1) is 13.4. The monoisotopic (exact) mass is 239 g/mol. The fraction of sp³-hybridized carbons (Fsp3) is 0.308. The van der Waals surface area contributed by atoms with Crippen molar-refractivity contribution in [2.45, 2.75) is 26.7 Å². The van der Waals surface area contributed by atoms with Crippen LogP contribution in [0.2, 0.25) is 0 Å². The van der Waals surface area contributed by atoms with E-state index in [0.29, 0.717) is 5.69 Å². The van der Waals surface area contributed by atoms with Crippen LogP contribution >= 0.6 is 0 Å². The third-order valence-corrected chi connectivity index (χ3v) is 2.40. The molecule has 1 aromatic carbocycles. The molecule has 1 aromatic rings. The van der Waals surface area contributed by atoms with Crippen LogP contribution in [0, 0.1) is 6.92 Å². The van der Waals surface area contributed by atoms with E-state index in [9.17, 15) is 13.6 Å². The summed E-state index contributed by atoms with van der Waals surface area (Å²) in [5, 5.41) is 2.58. The van der Waals surface area contributed by atoms with Gasteiger partial charge < -0.3 is 5.32 Å². The Morgan fingerprint density at radius 1 is 1.24 bits per heavy atom. The number of anilines is 1. The lowest BCUT2D eigenvalue weighted by Gasteiger charge is -2.06. The van der Waals surface area contributed by atoms with Crippen LogP contribution in [-0.2, 0) is 4.79 Å². The molecule has 0 aliphatic carbocycles. The van der Waals surface area contributed by atoms with Gasteiger partial charge in [0.15, 0.2) is 0 Å². The summed E-state index contributed by atoms with van der Waals surface area (Å²) in [5.74, 6) is -0.418. The van der Waals surface area contributed by atoms with Crippen molar-refractivity contribution in [3.63, 3.8) is 0 Å². The predicted octanol–water partition coefficient (Wildman–Crippen LogP) is 3.88. The molecule has 0 fully saturated rings. The molecule has 0 saturated heterocycles. The molecule has 4 heteroatoms. The molecular formula is C13H15F2NO. The van der Waals surface area contributed by atoms with Crippen LogP contribution in [0.5, 0.6) is 0 Å². The second-order valence-electron chi connectivity index (χ2n) is 3.81. The Balaban J connectivity index is 2.61. The van der Waals surface area contributed by atoms with E-state index in [1.54, 1.807) is 19.1 Å². The first-order valence-electron chi connectivity index (χ1n) is 5.42. The van der Waals surface area contributed by atoms with E-state index < -0.39 is 12.0 Å². The first-order valence-corrected chi connectivity index (χ1v) is 5.42. The predicted molar refractivity (Wildman–Crippen MR) is 64.0 cm³/mol. The summed E-state index contributed by atoms with van der Waals surface area (Å²) < 4.78 is 24.7. The third kappa shape index (κ3) is 4.34. The van der Waals surface area contributed by atoms with E-state index in [4.69, 9.17) is 0 Å². The molecule has 0 bridgehead atoms. The molecule has 92 valence electrons. The standard InChI is InChI=1S/C13H15F2NO/c1-3-10(13(14)15)8-12(17)16-11-6-4-9(2)5-7-11/h4-7H,3,8H2,1-2H3,(H,16,17). The highest BCUT2D eigenvalue weighted by atomic mass is 19.3. The van der Waals surface area contributed by atoms with E-state index in [0.717, 1.165) is 5.56 Å². The van der Waals surface area contributed by atoms with Gasteiger partial charge in [-0.2, -0.15) is 8.78 Å². The Labute approximate surface area is 99.3 Å². The molecule has 0 aromatic heterocycles. The molecule has 2 nitrogen and oxygen atoms in total. The van der Waals surface area contributed by atoms with Crippen LogP contribution in [0.25, 0.3) is 0 Å². The minimum atomic E-state index is -1.76. The number of rotatable bonds is 4. The lowest BCUT2D eigenvalue weighted by atomic mass is 10.1. The van der Waals surface area contributed by atoms with Crippen LogP contribution in [0.15, 0.2) is 35.9 Å². The van der Waals surface area contributed by atoms with Crippen LogP contribution in [-0.4, -0.2) is 5.91 Å². The zero-order valence-corrected chi connectivity index (χ0v) is 9.89. The molecule has 0 aliphatic heterocycles. The van der Waals surface area contributed by atoms with Gasteiger partial charge in [0.05, 0.1) is 6.42 Å². The van der Waals surface area contributed by atoms with Gasteiger partial charge in [-0.25, -0.2) is 0 Å². The van der Waals surface area contributed by atoms with E-state index in [2.05, 4.69) is 5.32 Å². The van der Waals surface area contributed by atoms with Crippen molar-refractivity contribution < 1.29 is 13.6 Å². The van der Waals surface area contributed by atoms with Gasteiger partial charge in [-0.15, -0.1) is 0 Å². The maximum atomic E-state index is 12.4. The van der Waals surface area contributed by atoms with Gasteiger partial charge in [-0.1, -0.05) is 24.6 Å². The van der Waals surface area contributed by atoms with E-state index >= 15 is 0 Å². The Morgan fingerprint density at radius 2 is 1.82 bits per heavy atom. The van der Waals surface area contributed by atoms with Gasteiger partial charge in [-0.05, 0) is 25.5 Å². The van der Waals surface area contributed by atoms with Crippen LogP contribution in [0.1, 0.15) is 25.3 Å². The quantitative estimate of drug-likeness (QED) is 0.848. The first-order chi connectivity index (χ1) is 8.02. The summed E-state index contributed by atoms with van der Waals surface area (Å²) in [6.45, 7) is 3.54. The second kappa shape index (κ2) is 6.13. The normalized spacial score (nSPS) is 9.88. The molecule has 0 aliphatic rings. The molecule has 0 saturated carbocycles. The van der Waals surface area contributed by atoms with Crippen molar-refractivity contribution in [1.29, 1.82) is 0 Å². The minimum absolute atomic E-state index is 0.116. The highest BCUT2D eigenvalue weighted by molar-refractivity contribution is 5.92. The van der Waals surface area contributed by atoms with E-state index in [1.807, 2.05) is 19.1 Å². The zero-order valence-electron chi connectivity index (χ0n) is 9.89. The van der Waals surface area contributed by atoms with Gasteiger partial charge in [0.1, 0.15) is 0 Å². The lowest BCUT2D eigenvalue weighted by Crippen LogP contribution is -2.12. The number of carbonyl (C=O) groups excluding carboxylic acids is 1. The Morgan fingerprint density at radius 3 is 2.29 bits per heavy atom. The topological polar surface area (TPSA) is 29.1 Å². The number of hydrogen-bond donors (Lipinski definition) is 1. The molecule has 0 atom stereocenters. The van der Waals surface area contributed by atoms with E-state index in [-0.39, 0.29) is 18.4 Å². The molecule has 0 radical (unpaired) electrons. The van der Waals surface area contributed by atoms with Gasteiger partial charge in [0.2, 0.25) is 5.91 Å². The average Bonchev–Trinajstić information content (AvgIpc) is 2.28. The Hall–Kier alpha value is -1.71. The number of aryl methyl sites for hydroxylation is 1. The van der Waals surface area contributed by atoms with Gasteiger partial charge in [-0.3, -0.25) is 4.79 Å². The van der Waals surface area contributed by atoms with Crippen LogP contribution < -0.4 is 5.32 Å². The van der Waals surface area contributed by atoms with Crippen molar-refractivity contribution >= 4 is 11.6 Å². The van der Waals surface area contributed by atoms with Gasteiger partial charge in [0.25, 0.3) is 6.08 Å². The van der Waals surface area contributed by atoms with Crippen molar-refractivity contribution in [1.82, 2.24) is 0 Å². The van der Waals surface area contributed by atoms with Gasteiger partial charge >= 0.3 is 0 Å². The van der Waals surface area contributed by atoms with Crippen molar-refractivity contribution in [3.05, 3.63) is 41.5 Å². The average molecular weight is 239 g/mol. The van der Waals surface area contributed by atoms with Crippen LogP contribution in [0.3, 0.4) is 0 Å². The number of amides is 1. The largest absolute Gasteiger partial charge is 0.326 e. The van der Waals surface area contributed by atoms with E-state index in [1.165, 1.54) is 0 Å². The molecule has 1 rings (SSSR count). The van der Waals surface area contributed by atoms with Crippen LogP contribution in [0.4, 0.5) is 14.5 Å². The fourth-order valence-electron chi connectivity index (χ4n) is 1.36. The van der Waals surface area contributed by atoms with Crippen molar-refractivity contribution in [2.24, 2.45) is 0 Å². The Kier molecular flexibility index (Phi) is 4.82. The molecule has 0 spiro atoms. The summed E-state index contributed by atoms with van der Waals surface area (Å²) >= 11 is 0. The summed E-state index contributed by atoms with van der Waals surface area (Å²) in [7, 11) is 0. The molecular weight excluding hydrogens is 224 g/mol. The maximum absolute atomic E-state index is 12.4. The highest BCUT2D eigenvalue weighted by Gasteiger charge is 2.10. The molecule has 1 N–H and O–H groups in total. The number of halogens is 2. The summed E-state index contributed by atoms with van der Waals surface area (Å²) in [6.07, 6.45) is -1.83. The fourth-order valence-corrected chi connectivity index (χ4v) is 1.36. The highest BCUT2D eigenvalue weighted by Crippen LogP contribution is 2.17. The molecule has 0 unspecified atom stereocenters. The summed E-state index contributed by atoms with van der Waals surface area (Å²) in [4.78, 5) is 11.5.